The molecule has 0 aliphatic rings. The summed E-state index contributed by atoms with van der Waals surface area (Å²) < 4.78 is 29.8. The molecule has 21 heavy (non-hydrogen) atoms. The highest BCUT2D eigenvalue weighted by atomic mass is 79.9. The molecule has 0 saturated carbocycles. The molecule has 0 unspecified atom stereocenters. The van der Waals surface area contributed by atoms with Gasteiger partial charge in [-0.05, 0) is 22.9 Å². The summed E-state index contributed by atoms with van der Waals surface area (Å²) in [5.74, 6) is 1.31. The van der Waals surface area contributed by atoms with Crippen LogP contribution in [0, 0.1) is 0 Å². The lowest BCUT2D eigenvalue weighted by atomic mass is 9.92. The smallest absolute Gasteiger partial charge is 0.261 e. The Balaban J connectivity index is 2.91. The first-order chi connectivity index (χ1) is 9.75. The fourth-order valence-corrected chi connectivity index (χ4v) is 2.63. The van der Waals surface area contributed by atoms with Gasteiger partial charge in [-0.2, -0.15) is 0 Å². The monoisotopic (exact) mass is 365 g/mol. The van der Waals surface area contributed by atoms with E-state index in [2.05, 4.69) is 52.0 Å². The van der Waals surface area contributed by atoms with Crippen molar-refractivity contribution in [1.82, 2.24) is 9.97 Å². The van der Waals surface area contributed by atoms with Crippen LogP contribution in [0.4, 0.5) is 14.6 Å². The van der Waals surface area contributed by atoms with Crippen LogP contribution in [0.1, 0.15) is 39.2 Å². The number of hydrogen-bond acceptors (Lipinski definition) is 4. The van der Waals surface area contributed by atoms with Crippen LogP contribution in [0.3, 0.4) is 0 Å². The lowest BCUT2D eigenvalue weighted by Gasteiger charge is -2.22. The zero-order chi connectivity index (χ0) is 16.0. The van der Waals surface area contributed by atoms with Crippen molar-refractivity contribution in [3.63, 3.8) is 0 Å². The average molecular weight is 366 g/mol. The van der Waals surface area contributed by atoms with Gasteiger partial charge >= 0.3 is 0 Å². The van der Waals surface area contributed by atoms with E-state index in [0.29, 0.717) is 12.2 Å². The summed E-state index contributed by atoms with van der Waals surface area (Å²) in [4.78, 5) is 8.95. The molecule has 1 heterocycles. The molecule has 0 fully saturated rings. The second-order valence-electron chi connectivity index (χ2n) is 5.65. The van der Waals surface area contributed by atoms with Crippen LogP contribution in [0.2, 0.25) is 0 Å². The first kappa shape index (κ1) is 18.2. The van der Waals surface area contributed by atoms with Gasteiger partial charge in [0.1, 0.15) is 18.2 Å². The van der Waals surface area contributed by atoms with E-state index in [9.17, 15) is 8.78 Å². The van der Waals surface area contributed by atoms with Crippen molar-refractivity contribution in [3.05, 3.63) is 16.0 Å². The Morgan fingerprint density at radius 2 is 1.95 bits per heavy atom. The summed E-state index contributed by atoms with van der Waals surface area (Å²) in [6, 6.07) is 0. The Hall–Kier alpha value is -0.820. The third kappa shape index (κ3) is 5.82. The molecular weight excluding hydrogens is 344 g/mol. The van der Waals surface area contributed by atoms with Gasteiger partial charge in [0.05, 0.1) is 16.8 Å². The molecule has 0 atom stereocenters. The van der Waals surface area contributed by atoms with E-state index in [-0.39, 0.29) is 12.0 Å². The van der Waals surface area contributed by atoms with Crippen molar-refractivity contribution in [3.8, 4) is 0 Å². The Bertz CT molecular complexity index is 464. The van der Waals surface area contributed by atoms with Crippen molar-refractivity contribution >= 4 is 21.7 Å². The molecule has 0 amide bonds. The van der Waals surface area contributed by atoms with Crippen LogP contribution in [0.25, 0.3) is 0 Å². The first-order valence-electron chi connectivity index (χ1n) is 6.92. The minimum absolute atomic E-state index is 0.148. The van der Waals surface area contributed by atoms with Crippen molar-refractivity contribution in [2.75, 3.05) is 25.1 Å². The van der Waals surface area contributed by atoms with Crippen LogP contribution in [-0.2, 0) is 16.6 Å². The van der Waals surface area contributed by atoms with E-state index < -0.39 is 13.0 Å². The maximum atomic E-state index is 12.0. The molecule has 1 aromatic rings. The number of nitrogens with one attached hydrogen (secondary N) is 1. The fourth-order valence-electron chi connectivity index (χ4n) is 1.72. The van der Waals surface area contributed by atoms with Crippen molar-refractivity contribution in [1.29, 1.82) is 0 Å². The molecule has 0 aliphatic carbocycles. The number of alkyl halides is 2. The van der Waals surface area contributed by atoms with E-state index in [1.165, 1.54) is 0 Å². The number of nitrogens with zero attached hydrogens (tertiary/aromatic N) is 2. The topological polar surface area (TPSA) is 47.0 Å². The third-order valence-corrected chi connectivity index (χ3v) is 3.42. The minimum Gasteiger partial charge on any atom is -0.375 e. The van der Waals surface area contributed by atoms with E-state index in [4.69, 9.17) is 4.74 Å². The molecule has 0 spiro atoms. The third-order valence-electron chi connectivity index (χ3n) is 2.67. The van der Waals surface area contributed by atoms with Gasteiger partial charge < -0.3 is 10.1 Å². The Kier molecular flexibility index (Phi) is 6.93. The molecule has 1 aromatic heterocycles. The lowest BCUT2D eigenvalue weighted by Crippen LogP contribution is -2.19. The SMILES string of the molecule is CCNc1nc(CCOCC(F)F)nc(C(C)(C)C)c1Br. The van der Waals surface area contributed by atoms with Gasteiger partial charge in [0.2, 0.25) is 0 Å². The second kappa shape index (κ2) is 7.98. The standard InChI is InChI=1S/C14H22BrF2N3O/c1-5-18-13-11(15)12(14(2,3)4)19-10(20-13)6-7-21-8-9(16)17/h9H,5-8H2,1-4H3,(H,18,19,20). The lowest BCUT2D eigenvalue weighted by molar-refractivity contribution is 0.0182. The number of rotatable bonds is 7. The molecule has 1 rings (SSSR count). The van der Waals surface area contributed by atoms with E-state index in [0.717, 1.165) is 22.5 Å². The predicted molar refractivity (Wildman–Crippen MR) is 83.1 cm³/mol. The van der Waals surface area contributed by atoms with Crippen LogP contribution in [0.5, 0.6) is 0 Å². The van der Waals surface area contributed by atoms with Crippen molar-refractivity contribution in [2.24, 2.45) is 0 Å². The molecule has 7 heteroatoms. The van der Waals surface area contributed by atoms with Crippen LogP contribution >= 0.6 is 15.9 Å². The number of hydrogen-bond donors (Lipinski definition) is 1. The van der Waals surface area contributed by atoms with E-state index in [1.807, 2.05) is 6.92 Å². The summed E-state index contributed by atoms with van der Waals surface area (Å²) in [6.07, 6.45) is -2.04. The van der Waals surface area contributed by atoms with Gasteiger partial charge in [-0.1, -0.05) is 20.8 Å². The van der Waals surface area contributed by atoms with Crippen LogP contribution < -0.4 is 5.32 Å². The zero-order valence-corrected chi connectivity index (χ0v) is 14.4. The number of aromatic nitrogens is 2. The molecular formula is C14H22BrF2N3O. The minimum atomic E-state index is -2.45. The number of anilines is 1. The number of halogens is 3. The van der Waals surface area contributed by atoms with Gasteiger partial charge in [-0.25, -0.2) is 18.7 Å². The van der Waals surface area contributed by atoms with Gasteiger partial charge in [0.15, 0.2) is 0 Å². The van der Waals surface area contributed by atoms with Crippen molar-refractivity contribution < 1.29 is 13.5 Å². The maximum absolute atomic E-state index is 12.0. The second-order valence-corrected chi connectivity index (χ2v) is 6.44. The normalized spacial score (nSPS) is 12.0. The van der Waals surface area contributed by atoms with Crippen molar-refractivity contribution in [2.45, 2.75) is 46.0 Å². The summed E-state index contributed by atoms with van der Waals surface area (Å²) in [7, 11) is 0. The van der Waals surface area contributed by atoms with Gasteiger partial charge in [0, 0.05) is 18.4 Å². The molecule has 0 radical (unpaired) electrons. The molecule has 120 valence electrons. The van der Waals surface area contributed by atoms with Gasteiger partial charge in [-0.15, -0.1) is 0 Å². The zero-order valence-electron chi connectivity index (χ0n) is 12.8. The fraction of sp³-hybridized carbons (Fsp3) is 0.714. The van der Waals surface area contributed by atoms with Gasteiger partial charge in [0.25, 0.3) is 6.43 Å². The summed E-state index contributed by atoms with van der Waals surface area (Å²) in [5.41, 5.74) is 0.738. The maximum Gasteiger partial charge on any atom is 0.261 e. The van der Waals surface area contributed by atoms with E-state index >= 15 is 0 Å². The molecule has 4 nitrogen and oxygen atoms in total. The summed E-state index contributed by atoms with van der Waals surface area (Å²) in [5, 5.41) is 3.18. The average Bonchev–Trinajstić information content (AvgIpc) is 2.36. The highest BCUT2D eigenvalue weighted by molar-refractivity contribution is 9.10. The molecule has 0 bridgehead atoms. The predicted octanol–water partition coefficient (Wildman–Crippen LogP) is 3.79. The first-order valence-corrected chi connectivity index (χ1v) is 7.71. The molecule has 0 saturated heterocycles. The summed E-state index contributed by atoms with van der Waals surface area (Å²) >= 11 is 3.54. The largest absolute Gasteiger partial charge is 0.375 e. The van der Waals surface area contributed by atoms with Crippen LogP contribution in [0.15, 0.2) is 4.47 Å². The molecule has 0 aromatic carbocycles. The van der Waals surface area contributed by atoms with Crippen LogP contribution in [-0.4, -0.2) is 36.2 Å². The Labute approximate surface area is 132 Å². The highest BCUT2D eigenvalue weighted by Crippen LogP contribution is 2.32. The van der Waals surface area contributed by atoms with Gasteiger partial charge in [-0.3, -0.25) is 0 Å². The highest BCUT2D eigenvalue weighted by Gasteiger charge is 2.23. The Morgan fingerprint density at radius 1 is 1.29 bits per heavy atom. The summed E-state index contributed by atoms with van der Waals surface area (Å²) in [6.45, 7) is 8.54. The molecule has 0 aliphatic heterocycles. The Morgan fingerprint density at radius 3 is 2.48 bits per heavy atom. The van der Waals surface area contributed by atoms with E-state index in [1.54, 1.807) is 0 Å². The quantitative estimate of drug-likeness (QED) is 0.746. The molecule has 1 N–H and O–H groups in total. The number of ether oxygens (including phenoxy) is 1.